The Bertz CT molecular complexity index is 1000. The molecule has 0 aliphatic heterocycles. The van der Waals surface area contributed by atoms with Crippen molar-refractivity contribution < 1.29 is 14.6 Å². The van der Waals surface area contributed by atoms with Gasteiger partial charge in [0.2, 0.25) is 5.88 Å². The van der Waals surface area contributed by atoms with Crippen LogP contribution in [0, 0.1) is 24.2 Å². The number of hydrogen-bond acceptors (Lipinski definition) is 7. The van der Waals surface area contributed by atoms with Gasteiger partial charge >= 0.3 is 5.97 Å². The number of pyridine rings is 1. The van der Waals surface area contributed by atoms with Crippen molar-refractivity contribution in [1.29, 1.82) is 5.26 Å². The fraction of sp³-hybridized carbons (Fsp3) is 0.316. The zero-order chi connectivity index (χ0) is 20.1. The van der Waals surface area contributed by atoms with Gasteiger partial charge in [0.1, 0.15) is 17.3 Å². The van der Waals surface area contributed by atoms with E-state index in [0.717, 1.165) is 4.57 Å². The second-order valence-corrected chi connectivity index (χ2v) is 6.36. The van der Waals surface area contributed by atoms with E-state index in [9.17, 15) is 20.0 Å². The standard InChI is InChI=1S/C19H20N4O4/c1-11(2)10-27-19(26)13-7-5-6-8-15(13)21-22-16-12(3)14(9-20)17(24)23(4)18(16)25/h5-8,11,24H,10H2,1-4H3. The molecule has 1 heterocycles. The first-order chi connectivity index (χ1) is 12.8. The molecule has 140 valence electrons. The predicted octanol–water partition coefficient (Wildman–Crippen LogP) is 3.50. The minimum absolute atomic E-state index is 0.0596. The molecule has 0 aliphatic rings. The van der Waals surface area contributed by atoms with Crippen LogP contribution in [0.25, 0.3) is 0 Å². The number of nitrogens with zero attached hydrogens (tertiary/aromatic N) is 4. The van der Waals surface area contributed by atoms with Gasteiger partial charge in [-0.2, -0.15) is 5.26 Å². The molecule has 0 aliphatic carbocycles. The SMILES string of the molecule is Cc1c(C#N)c(O)n(C)c(=O)c1N=Nc1ccccc1C(=O)OCC(C)C. The van der Waals surface area contributed by atoms with Crippen molar-refractivity contribution in [2.24, 2.45) is 23.2 Å². The van der Waals surface area contributed by atoms with Crippen LogP contribution in [-0.2, 0) is 11.8 Å². The van der Waals surface area contributed by atoms with E-state index < -0.39 is 17.4 Å². The van der Waals surface area contributed by atoms with Crippen molar-refractivity contribution in [2.45, 2.75) is 20.8 Å². The summed E-state index contributed by atoms with van der Waals surface area (Å²) in [4.78, 5) is 24.6. The number of ether oxygens (including phenoxy) is 1. The summed E-state index contributed by atoms with van der Waals surface area (Å²) in [6, 6.07) is 8.31. The van der Waals surface area contributed by atoms with E-state index in [1.165, 1.54) is 14.0 Å². The number of azo groups is 1. The first kappa shape index (κ1) is 19.8. The zero-order valence-electron chi connectivity index (χ0n) is 15.6. The molecule has 0 saturated heterocycles. The van der Waals surface area contributed by atoms with E-state index in [2.05, 4.69) is 10.2 Å². The highest BCUT2D eigenvalue weighted by Gasteiger charge is 2.18. The summed E-state index contributed by atoms with van der Waals surface area (Å²) >= 11 is 0. The molecular formula is C19H20N4O4. The van der Waals surface area contributed by atoms with E-state index in [4.69, 9.17) is 4.74 Å². The number of aromatic hydroxyl groups is 1. The van der Waals surface area contributed by atoms with Gasteiger partial charge in [-0.05, 0) is 25.0 Å². The smallest absolute Gasteiger partial charge is 0.340 e. The Hall–Kier alpha value is -3.47. The van der Waals surface area contributed by atoms with Crippen LogP contribution in [0.15, 0.2) is 39.3 Å². The summed E-state index contributed by atoms with van der Waals surface area (Å²) in [5, 5.41) is 27.0. The summed E-state index contributed by atoms with van der Waals surface area (Å²) in [5.41, 5.74) is -0.0860. The second-order valence-electron chi connectivity index (χ2n) is 6.36. The molecule has 0 atom stereocenters. The Kier molecular flexibility index (Phi) is 6.08. The van der Waals surface area contributed by atoms with E-state index in [0.29, 0.717) is 0 Å². The lowest BCUT2D eigenvalue weighted by Crippen LogP contribution is -2.18. The summed E-state index contributed by atoms with van der Waals surface area (Å²) < 4.78 is 6.14. The van der Waals surface area contributed by atoms with Gasteiger partial charge < -0.3 is 9.84 Å². The van der Waals surface area contributed by atoms with Crippen molar-refractivity contribution >= 4 is 17.3 Å². The van der Waals surface area contributed by atoms with Crippen molar-refractivity contribution in [3.05, 3.63) is 51.3 Å². The largest absolute Gasteiger partial charge is 0.493 e. The topological polar surface area (TPSA) is 117 Å². The van der Waals surface area contributed by atoms with Gasteiger partial charge in [0, 0.05) is 12.6 Å². The third-order valence-electron chi connectivity index (χ3n) is 3.82. The van der Waals surface area contributed by atoms with Crippen LogP contribution in [0.4, 0.5) is 11.4 Å². The van der Waals surface area contributed by atoms with Crippen LogP contribution in [0.1, 0.15) is 35.3 Å². The summed E-state index contributed by atoms with van der Waals surface area (Å²) in [6.07, 6.45) is 0. The Morgan fingerprint density at radius 2 is 2.00 bits per heavy atom. The predicted molar refractivity (Wildman–Crippen MR) is 98.5 cm³/mol. The molecule has 0 saturated carbocycles. The first-order valence-corrected chi connectivity index (χ1v) is 8.28. The molecule has 0 bridgehead atoms. The first-order valence-electron chi connectivity index (χ1n) is 8.28. The van der Waals surface area contributed by atoms with Crippen molar-refractivity contribution in [3.8, 4) is 11.9 Å². The van der Waals surface area contributed by atoms with Gasteiger partial charge in [0.05, 0.1) is 12.2 Å². The van der Waals surface area contributed by atoms with Crippen LogP contribution in [0.5, 0.6) is 5.88 Å². The van der Waals surface area contributed by atoms with Gasteiger partial charge in [-0.3, -0.25) is 9.36 Å². The van der Waals surface area contributed by atoms with Crippen molar-refractivity contribution in [3.63, 3.8) is 0 Å². The Labute approximate surface area is 156 Å². The Morgan fingerprint density at radius 3 is 2.63 bits per heavy atom. The number of rotatable bonds is 5. The Balaban J connectivity index is 2.47. The molecule has 2 rings (SSSR count). The van der Waals surface area contributed by atoms with E-state index in [1.54, 1.807) is 24.3 Å². The number of carbonyl (C=O) groups excluding carboxylic acids is 1. The molecule has 0 unspecified atom stereocenters. The van der Waals surface area contributed by atoms with Crippen molar-refractivity contribution in [2.75, 3.05) is 6.61 Å². The lowest BCUT2D eigenvalue weighted by atomic mass is 10.1. The number of benzene rings is 1. The number of carbonyl (C=O) groups is 1. The lowest BCUT2D eigenvalue weighted by molar-refractivity contribution is 0.0460. The number of hydrogen-bond donors (Lipinski definition) is 1. The summed E-state index contributed by atoms with van der Waals surface area (Å²) in [6.45, 7) is 5.62. The fourth-order valence-corrected chi connectivity index (χ4v) is 2.28. The number of aromatic nitrogens is 1. The molecular weight excluding hydrogens is 348 g/mol. The third-order valence-corrected chi connectivity index (χ3v) is 3.82. The maximum atomic E-state index is 12.3. The number of esters is 1. The lowest BCUT2D eigenvalue weighted by Gasteiger charge is -2.09. The molecule has 8 heteroatoms. The summed E-state index contributed by atoms with van der Waals surface area (Å²) in [5.74, 6) is -0.780. The normalized spacial score (nSPS) is 11.0. The molecule has 1 aromatic carbocycles. The highest BCUT2D eigenvalue weighted by atomic mass is 16.5. The molecule has 1 N–H and O–H groups in total. The maximum absolute atomic E-state index is 12.3. The molecule has 0 radical (unpaired) electrons. The van der Waals surface area contributed by atoms with Crippen LogP contribution < -0.4 is 5.56 Å². The van der Waals surface area contributed by atoms with E-state index in [-0.39, 0.29) is 40.6 Å². The van der Waals surface area contributed by atoms with Gasteiger partial charge in [-0.25, -0.2) is 4.79 Å². The minimum atomic E-state index is -0.604. The molecule has 0 fully saturated rings. The van der Waals surface area contributed by atoms with E-state index in [1.807, 2.05) is 19.9 Å². The average Bonchev–Trinajstić information content (AvgIpc) is 2.65. The van der Waals surface area contributed by atoms with E-state index >= 15 is 0 Å². The monoisotopic (exact) mass is 368 g/mol. The second kappa shape index (κ2) is 8.27. The highest BCUT2D eigenvalue weighted by Crippen LogP contribution is 2.27. The zero-order valence-corrected chi connectivity index (χ0v) is 15.6. The molecule has 27 heavy (non-hydrogen) atoms. The van der Waals surface area contributed by atoms with Gasteiger partial charge in [-0.1, -0.05) is 26.0 Å². The quantitative estimate of drug-likeness (QED) is 0.640. The van der Waals surface area contributed by atoms with Crippen LogP contribution in [0.3, 0.4) is 0 Å². The highest BCUT2D eigenvalue weighted by molar-refractivity contribution is 5.94. The Morgan fingerprint density at radius 1 is 1.33 bits per heavy atom. The fourth-order valence-electron chi connectivity index (χ4n) is 2.28. The van der Waals surface area contributed by atoms with Gasteiger partial charge in [0.15, 0.2) is 5.69 Å². The molecule has 2 aromatic rings. The van der Waals surface area contributed by atoms with Crippen LogP contribution >= 0.6 is 0 Å². The molecule has 1 aromatic heterocycles. The van der Waals surface area contributed by atoms with Gasteiger partial charge in [0.25, 0.3) is 5.56 Å². The molecule has 8 nitrogen and oxygen atoms in total. The molecule has 0 spiro atoms. The maximum Gasteiger partial charge on any atom is 0.340 e. The molecule has 0 amide bonds. The van der Waals surface area contributed by atoms with Crippen LogP contribution in [0.2, 0.25) is 0 Å². The van der Waals surface area contributed by atoms with Crippen LogP contribution in [-0.4, -0.2) is 22.2 Å². The average molecular weight is 368 g/mol. The van der Waals surface area contributed by atoms with Crippen molar-refractivity contribution in [1.82, 2.24) is 4.57 Å². The third kappa shape index (κ3) is 4.20. The summed E-state index contributed by atoms with van der Waals surface area (Å²) in [7, 11) is 1.33. The van der Waals surface area contributed by atoms with Gasteiger partial charge in [-0.15, -0.1) is 10.2 Å². The minimum Gasteiger partial charge on any atom is -0.493 e. The number of nitriles is 1.